The van der Waals surface area contributed by atoms with Gasteiger partial charge in [0, 0.05) is 0 Å². The molecule has 0 aliphatic heterocycles. The Kier molecular flexibility index (Phi) is 4.71. The number of rotatable bonds is 5. The van der Waals surface area contributed by atoms with Crippen LogP contribution in [0.15, 0.2) is 24.3 Å². The third-order valence-corrected chi connectivity index (χ3v) is 3.59. The molecule has 0 fully saturated rings. The summed E-state index contributed by atoms with van der Waals surface area (Å²) in [5, 5.41) is 8.70. The first kappa shape index (κ1) is 17.1. The van der Waals surface area contributed by atoms with E-state index in [1.807, 2.05) is 6.92 Å². The molecule has 1 aromatic carbocycles. The molecule has 0 radical (unpaired) electrons. The van der Waals surface area contributed by atoms with Gasteiger partial charge in [-0.15, -0.1) is 0 Å². The zero-order valence-corrected chi connectivity index (χ0v) is 12.3. The summed E-state index contributed by atoms with van der Waals surface area (Å²) in [7, 11) is 0. The maximum atomic E-state index is 13.9. The molecule has 1 atom stereocenters. The summed E-state index contributed by atoms with van der Waals surface area (Å²) >= 11 is 0. The van der Waals surface area contributed by atoms with Gasteiger partial charge in [-0.25, -0.2) is 9.59 Å². The van der Waals surface area contributed by atoms with E-state index in [4.69, 9.17) is 9.84 Å². The van der Waals surface area contributed by atoms with E-state index in [9.17, 15) is 18.4 Å². The van der Waals surface area contributed by atoms with Crippen LogP contribution in [-0.4, -0.2) is 28.6 Å². The SMILES string of the molecule is Cc1ccc(C(=O)OC(C)(C(C)C)C(F)(F)C(=O)O)cc1. The van der Waals surface area contributed by atoms with Crippen LogP contribution >= 0.6 is 0 Å². The van der Waals surface area contributed by atoms with Crippen molar-refractivity contribution < 1.29 is 28.2 Å². The second-order valence-corrected chi connectivity index (χ2v) is 5.40. The van der Waals surface area contributed by atoms with E-state index in [-0.39, 0.29) is 5.56 Å². The van der Waals surface area contributed by atoms with Crippen molar-refractivity contribution in [1.82, 2.24) is 0 Å². The predicted octanol–water partition coefficient (Wildman–Crippen LogP) is 3.29. The standard InChI is InChI=1S/C15H18F2O4/c1-9(2)14(4,15(16,17)13(19)20)21-12(18)11-7-5-10(3)6-8-11/h5-9H,1-4H3,(H,19,20). The number of hydrogen-bond donors (Lipinski definition) is 1. The Bertz CT molecular complexity index is 537. The molecule has 0 heterocycles. The normalized spacial score (nSPS) is 14.6. The number of carbonyl (C=O) groups is 2. The monoisotopic (exact) mass is 300 g/mol. The maximum Gasteiger partial charge on any atom is 0.381 e. The van der Waals surface area contributed by atoms with Crippen LogP contribution in [0, 0.1) is 12.8 Å². The second-order valence-electron chi connectivity index (χ2n) is 5.40. The lowest BCUT2D eigenvalue weighted by Gasteiger charge is -2.37. The lowest BCUT2D eigenvalue weighted by Crippen LogP contribution is -2.57. The second kappa shape index (κ2) is 5.79. The summed E-state index contributed by atoms with van der Waals surface area (Å²) in [5.41, 5.74) is -1.46. The highest BCUT2D eigenvalue weighted by Crippen LogP contribution is 2.39. The van der Waals surface area contributed by atoms with Crippen molar-refractivity contribution in [2.45, 2.75) is 39.2 Å². The minimum Gasteiger partial charge on any atom is -0.477 e. The first-order valence-corrected chi connectivity index (χ1v) is 6.43. The molecule has 0 aliphatic rings. The smallest absolute Gasteiger partial charge is 0.381 e. The fourth-order valence-corrected chi connectivity index (χ4v) is 1.70. The summed E-state index contributed by atoms with van der Waals surface area (Å²) < 4.78 is 32.7. The van der Waals surface area contributed by atoms with Crippen LogP contribution in [0.1, 0.15) is 36.7 Å². The van der Waals surface area contributed by atoms with Gasteiger partial charge in [0.15, 0.2) is 5.60 Å². The van der Waals surface area contributed by atoms with Crippen molar-refractivity contribution in [2.75, 3.05) is 0 Å². The Morgan fingerprint density at radius 3 is 2.05 bits per heavy atom. The van der Waals surface area contributed by atoms with Crippen molar-refractivity contribution in [3.8, 4) is 0 Å². The minimum atomic E-state index is -4.19. The van der Waals surface area contributed by atoms with Crippen LogP contribution in [0.25, 0.3) is 0 Å². The molecule has 0 saturated carbocycles. The minimum absolute atomic E-state index is 0.0914. The molecule has 116 valence electrons. The van der Waals surface area contributed by atoms with Gasteiger partial charge in [0.2, 0.25) is 0 Å². The number of alkyl halides is 2. The number of carboxylic acid groups (broad SMARTS) is 1. The summed E-state index contributed by atoms with van der Waals surface area (Å²) in [5.74, 6) is -8.39. The largest absolute Gasteiger partial charge is 0.477 e. The molecule has 1 rings (SSSR count). The average Bonchev–Trinajstić information content (AvgIpc) is 2.38. The zero-order valence-electron chi connectivity index (χ0n) is 12.3. The number of ether oxygens (including phenoxy) is 1. The number of esters is 1. The Morgan fingerprint density at radius 1 is 1.19 bits per heavy atom. The van der Waals surface area contributed by atoms with Gasteiger partial charge >= 0.3 is 17.9 Å². The molecule has 0 bridgehead atoms. The number of carbonyl (C=O) groups excluding carboxylic acids is 1. The number of halogens is 2. The third-order valence-electron chi connectivity index (χ3n) is 3.59. The van der Waals surface area contributed by atoms with Gasteiger partial charge < -0.3 is 9.84 Å². The van der Waals surface area contributed by atoms with Gasteiger partial charge in [-0.2, -0.15) is 8.78 Å². The highest BCUT2D eigenvalue weighted by Gasteiger charge is 2.61. The van der Waals surface area contributed by atoms with Crippen LogP contribution in [0.3, 0.4) is 0 Å². The van der Waals surface area contributed by atoms with E-state index in [1.54, 1.807) is 12.1 Å². The molecule has 0 spiro atoms. The van der Waals surface area contributed by atoms with Gasteiger partial charge in [-0.05, 0) is 31.9 Å². The molecule has 1 aromatic rings. The number of carboxylic acids is 1. The van der Waals surface area contributed by atoms with Gasteiger partial charge in [0.05, 0.1) is 5.56 Å². The van der Waals surface area contributed by atoms with Crippen LogP contribution in [0.2, 0.25) is 0 Å². The summed E-state index contributed by atoms with van der Waals surface area (Å²) in [6, 6.07) is 6.16. The van der Waals surface area contributed by atoms with Crippen LogP contribution in [0.4, 0.5) is 8.78 Å². The van der Waals surface area contributed by atoms with E-state index >= 15 is 0 Å². The number of hydrogen-bond acceptors (Lipinski definition) is 3. The lowest BCUT2D eigenvalue weighted by molar-refractivity contribution is -0.214. The molecule has 0 saturated heterocycles. The molecule has 6 heteroatoms. The zero-order chi connectivity index (χ0) is 16.4. The number of aryl methyl sites for hydroxylation is 1. The van der Waals surface area contributed by atoms with Gasteiger partial charge in [-0.3, -0.25) is 0 Å². The fourth-order valence-electron chi connectivity index (χ4n) is 1.70. The van der Waals surface area contributed by atoms with Crippen molar-refractivity contribution in [1.29, 1.82) is 0 Å². The molecule has 1 N–H and O–H groups in total. The van der Waals surface area contributed by atoms with Gasteiger partial charge in [-0.1, -0.05) is 31.5 Å². The third kappa shape index (κ3) is 3.20. The Hall–Kier alpha value is -1.98. The summed E-state index contributed by atoms with van der Waals surface area (Å²) in [6.07, 6.45) is 0. The van der Waals surface area contributed by atoms with Crippen molar-refractivity contribution in [3.05, 3.63) is 35.4 Å². The number of benzene rings is 1. The Balaban J connectivity index is 3.12. The lowest BCUT2D eigenvalue weighted by atomic mass is 9.85. The quantitative estimate of drug-likeness (QED) is 0.848. The van der Waals surface area contributed by atoms with Crippen LogP contribution in [-0.2, 0) is 9.53 Å². The molecule has 1 unspecified atom stereocenters. The van der Waals surface area contributed by atoms with Gasteiger partial charge in [0.25, 0.3) is 0 Å². The molecule has 21 heavy (non-hydrogen) atoms. The van der Waals surface area contributed by atoms with E-state index < -0.39 is 29.4 Å². The molecule has 0 amide bonds. The Labute approximate surface area is 121 Å². The van der Waals surface area contributed by atoms with Crippen LogP contribution < -0.4 is 0 Å². The highest BCUT2D eigenvalue weighted by atomic mass is 19.3. The summed E-state index contributed by atoms with van der Waals surface area (Å²) in [6.45, 7) is 5.49. The predicted molar refractivity (Wildman–Crippen MR) is 72.4 cm³/mol. The topological polar surface area (TPSA) is 63.6 Å². The first-order valence-electron chi connectivity index (χ1n) is 6.43. The molecular formula is C15H18F2O4. The highest BCUT2D eigenvalue weighted by molar-refractivity contribution is 5.90. The Morgan fingerprint density at radius 2 is 1.67 bits per heavy atom. The van der Waals surface area contributed by atoms with E-state index in [1.165, 1.54) is 26.0 Å². The first-order chi connectivity index (χ1) is 9.52. The summed E-state index contributed by atoms with van der Waals surface area (Å²) in [4.78, 5) is 22.8. The average molecular weight is 300 g/mol. The fraction of sp³-hybridized carbons (Fsp3) is 0.467. The molecular weight excluding hydrogens is 282 g/mol. The van der Waals surface area contributed by atoms with E-state index in [2.05, 4.69) is 0 Å². The molecule has 0 aromatic heterocycles. The van der Waals surface area contributed by atoms with E-state index in [0.29, 0.717) is 0 Å². The number of aliphatic carboxylic acids is 1. The van der Waals surface area contributed by atoms with Gasteiger partial charge in [0.1, 0.15) is 0 Å². The molecule has 4 nitrogen and oxygen atoms in total. The maximum absolute atomic E-state index is 13.9. The molecule has 0 aliphatic carbocycles. The van der Waals surface area contributed by atoms with Crippen LogP contribution in [0.5, 0.6) is 0 Å². The van der Waals surface area contributed by atoms with E-state index in [0.717, 1.165) is 12.5 Å². The van der Waals surface area contributed by atoms with Crippen molar-refractivity contribution in [3.63, 3.8) is 0 Å². The van der Waals surface area contributed by atoms with Crippen molar-refractivity contribution in [2.24, 2.45) is 5.92 Å². The van der Waals surface area contributed by atoms with Crippen molar-refractivity contribution >= 4 is 11.9 Å².